The predicted octanol–water partition coefficient (Wildman–Crippen LogP) is 2.56. The van der Waals surface area contributed by atoms with Crippen LogP contribution in [0.5, 0.6) is 5.75 Å². The number of anilines is 1. The third-order valence-corrected chi connectivity index (χ3v) is 4.08. The number of fused-ring (bicyclic) bond motifs is 2. The van der Waals surface area contributed by atoms with E-state index in [2.05, 4.69) is 4.98 Å². The van der Waals surface area contributed by atoms with Crippen molar-refractivity contribution in [2.45, 2.75) is 6.92 Å². The minimum absolute atomic E-state index is 0.00710. The van der Waals surface area contributed by atoms with Crippen LogP contribution in [-0.4, -0.2) is 22.5 Å². The number of benzene rings is 1. The summed E-state index contributed by atoms with van der Waals surface area (Å²) >= 11 is 0. The van der Waals surface area contributed by atoms with Gasteiger partial charge in [0.25, 0.3) is 0 Å². The Kier molecular flexibility index (Phi) is 3.43. The molecule has 0 bridgehead atoms. The van der Waals surface area contributed by atoms with Crippen molar-refractivity contribution in [3.05, 3.63) is 76.5 Å². The number of ether oxygens (including phenoxy) is 1. The van der Waals surface area contributed by atoms with Crippen LogP contribution in [0.1, 0.15) is 48.3 Å². The number of pyridine rings is 1. The highest BCUT2D eigenvalue weighted by atomic mass is 16.5. The van der Waals surface area contributed by atoms with Gasteiger partial charge in [-0.2, -0.15) is 0 Å². The van der Waals surface area contributed by atoms with Gasteiger partial charge < -0.3 is 14.9 Å². The van der Waals surface area contributed by atoms with Crippen molar-refractivity contribution in [2.24, 2.45) is 0 Å². The Balaban J connectivity index is 1.79. The number of nitrogens with zero attached hydrogens (tertiary/aromatic N) is 1. The molecule has 0 atom stereocenters. The summed E-state index contributed by atoms with van der Waals surface area (Å²) in [6, 6.07) is 9.26. The van der Waals surface area contributed by atoms with Gasteiger partial charge in [0.1, 0.15) is 22.8 Å². The molecule has 0 radical (unpaired) electrons. The van der Waals surface area contributed by atoms with Crippen LogP contribution in [-0.2, 0) is 0 Å². The highest BCUT2D eigenvalue weighted by molar-refractivity contribution is 6.29. The second-order valence-electron chi connectivity index (χ2n) is 5.75. The molecule has 0 saturated heterocycles. The van der Waals surface area contributed by atoms with E-state index in [0.717, 1.165) is 0 Å². The van der Waals surface area contributed by atoms with Gasteiger partial charge in [-0.25, -0.2) is 4.79 Å². The van der Waals surface area contributed by atoms with Crippen molar-refractivity contribution in [3.63, 3.8) is 0 Å². The zero-order valence-corrected chi connectivity index (χ0v) is 13.6. The number of hydrogen-bond donors (Lipinski definition) is 1. The summed E-state index contributed by atoms with van der Waals surface area (Å²) < 4.78 is 10.7. The number of furan rings is 1. The molecule has 3 aromatic rings. The molecular weight excluding hydrogens is 336 g/mol. The number of aromatic nitrogens is 1. The maximum absolute atomic E-state index is 12.8. The van der Waals surface area contributed by atoms with Gasteiger partial charge in [0.05, 0.1) is 11.1 Å². The molecule has 0 fully saturated rings. The molecule has 0 spiro atoms. The average molecular weight is 348 g/mol. The Labute approximate surface area is 147 Å². The van der Waals surface area contributed by atoms with Gasteiger partial charge in [-0.3, -0.25) is 14.6 Å². The number of carbonyl (C=O) groups is 3. The minimum Gasteiger partial charge on any atom is -0.456 e. The van der Waals surface area contributed by atoms with Gasteiger partial charge in [0, 0.05) is 11.9 Å². The molecule has 1 aliphatic rings. The third kappa shape index (κ3) is 2.29. The van der Waals surface area contributed by atoms with E-state index in [1.165, 1.54) is 31.3 Å². The number of aryl methyl sites for hydroxylation is 1. The van der Waals surface area contributed by atoms with E-state index in [1.807, 2.05) is 0 Å². The van der Waals surface area contributed by atoms with Crippen LogP contribution in [0.25, 0.3) is 0 Å². The lowest BCUT2D eigenvalue weighted by molar-refractivity contribution is 0.0729. The first-order valence-corrected chi connectivity index (χ1v) is 7.73. The normalized spacial score (nSPS) is 12.5. The molecule has 2 heterocycles. The SMILES string of the molecule is Cc1oc2c(c1C(=O)Oc1ccc(N)cc1)C(=O)c1ncccc1C2=O. The summed E-state index contributed by atoms with van der Waals surface area (Å²) in [5.41, 5.74) is 6.07. The van der Waals surface area contributed by atoms with Crippen molar-refractivity contribution < 1.29 is 23.5 Å². The fourth-order valence-corrected chi connectivity index (χ4v) is 2.87. The molecule has 4 rings (SSSR count). The van der Waals surface area contributed by atoms with Crippen LogP contribution in [0.4, 0.5) is 5.69 Å². The smallest absolute Gasteiger partial charge is 0.347 e. The Morgan fingerprint density at radius 2 is 1.85 bits per heavy atom. The first kappa shape index (κ1) is 15.8. The van der Waals surface area contributed by atoms with Crippen molar-refractivity contribution >= 4 is 23.2 Å². The highest BCUT2D eigenvalue weighted by Crippen LogP contribution is 2.33. The van der Waals surface area contributed by atoms with E-state index >= 15 is 0 Å². The average Bonchev–Trinajstić information content (AvgIpc) is 2.99. The summed E-state index contributed by atoms with van der Waals surface area (Å²) in [6.45, 7) is 1.50. The van der Waals surface area contributed by atoms with Crippen molar-refractivity contribution in [2.75, 3.05) is 5.73 Å². The minimum atomic E-state index is -0.794. The largest absolute Gasteiger partial charge is 0.456 e. The molecule has 128 valence electrons. The van der Waals surface area contributed by atoms with Gasteiger partial charge in [0.15, 0.2) is 5.76 Å². The lowest BCUT2D eigenvalue weighted by Gasteiger charge is -2.12. The summed E-state index contributed by atoms with van der Waals surface area (Å²) in [6.07, 6.45) is 1.41. The van der Waals surface area contributed by atoms with Gasteiger partial charge in [0.2, 0.25) is 11.6 Å². The molecule has 7 heteroatoms. The fraction of sp³-hybridized carbons (Fsp3) is 0.0526. The zero-order valence-electron chi connectivity index (χ0n) is 13.6. The van der Waals surface area contributed by atoms with Crippen LogP contribution < -0.4 is 10.5 Å². The lowest BCUT2D eigenvalue weighted by atomic mass is 9.90. The third-order valence-electron chi connectivity index (χ3n) is 4.08. The van der Waals surface area contributed by atoms with Crippen molar-refractivity contribution in [1.82, 2.24) is 4.98 Å². The molecule has 1 aliphatic carbocycles. The van der Waals surface area contributed by atoms with Gasteiger partial charge in [-0.05, 0) is 43.3 Å². The van der Waals surface area contributed by atoms with Crippen LogP contribution >= 0.6 is 0 Å². The monoisotopic (exact) mass is 348 g/mol. The fourth-order valence-electron chi connectivity index (χ4n) is 2.87. The van der Waals surface area contributed by atoms with Crippen LogP contribution in [0.3, 0.4) is 0 Å². The molecule has 0 saturated carbocycles. The second kappa shape index (κ2) is 5.66. The molecular formula is C19H12N2O5. The van der Waals surface area contributed by atoms with E-state index in [0.29, 0.717) is 5.69 Å². The van der Waals surface area contributed by atoms with E-state index in [1.54, 1.807) is 18.2 Å². The van der Waals surface area contributed by atoms with Crippen molar-refractivity contribution in [3.8, 4) is 5.75 Å². The van der Waals surface area contributed by atoms with Gasteiger partial charge >= 0.3 is 5.97 Å². The second-order valence-corrected chi connectivity index (χ2v) is 5.75. The van der Waals surface area contributed by atoms with Crippen LogP contribution in [0, 0.1) is 6.92 Å². The van der Waals surface area contributed by atoms with Crippen LogP contribution in [0.15, 0.2) is 47.0 Å². The van der Waals surface area contributed by atoms with Gasteiger partial charge in [-0.15, -0.1) is 0 Å². The van der Waals surface area contributed by atoms with E-state index in [4.69, 9.17) is 14.9 Å². The first-order chi connectivity index (χ1) is 12.5. The van der Waals surface area contributed by atoms with Crippen LogP contribution in [0.2, 0.25) is 0 Å². The zero-order chi connectivity index (χ0) is 18.4. The molecule has 0 amide bonds. The maximum atomic E-state index is 12.8. The molecule has 1 aromatic carbocycles. The Bertz CT molecular complexity index is 1080. The summed E-state index contributed by atoms with van der Waals surface area (Å²) in [5, 5.41) is 0. The molecule has 26 heavy (non-hydrogen) atoms. The Morgan fingerprint density at radius 1 is 1.12 bits per heavy atom. The number of nitrogens with two attached hydrogens (primary N) is 1. The maximum Gasteiger partial charge on any atom is 0.347 e. The number of esters is 1. The molecule has 0 aliphatic heterocycles. The molecule has 2 aromatic heterocycles. The highest BCUT2D eigenvalue weighted by Gasteiger charge is 2.39. The van der Waals surface area contributed by atoms with E-state index in [9.17, 15) is 14.4 Å². The number of rotatable bonds is 2. The standard InChI is InChI=1S/C19H12N2O5/c1-9-13(19(24)26-11-6-4-10(20)5-7-11)14-17(23)15-12(3-2-8-21-15)16(22)18(14)25-9/h2-8H,20H2,1H3. The molecule has 2 N–H and O–H groups in total. The lowest BCUT2D eigenvalue weighted by Crippen LogP contribution is -2.23. The summed E-state index contributed by atoms with van der Waals surface area (Å²) in [4.78, 5) is 42.0. The number of hydrogen-bond acceptors (Lipinski definition) is 7. The number of ketones is 2. The number of nitrogen functional groups attached to an aromatic ring is 1. The predicted molar refractivity (Wildman–Crippen MR) is 90.4 cm³/mol. The molecule has 0 unspecified atom stereocenters. The Morgan fingerprint density at radius 3 is 2.58 bits per heavy atom. The summed E-state index contributed by atoms with van der Waals surface area (Å²) in [7, 11) is 0. The molecule has 7 nitrogen and oxygen atoms in total. The first-order valence-electron chi connectivity index (χ1n) is 7.73. The van der Waals surface area contributed by atoms with Gasteiger partial charge in [-0.1, -0.05) is 0 Å². The quantitative estimate of drug-likeness (QED) is 0.336. The summed E-state index contributed by atoms with van der Waals surface area (Å²) in [5.74, 6) is -1.61. The van der Waals surface area contributed by atoms with E-state index < -0.39 is 17.5 Å². The topological polar surface area (TPSA) is 112 Å². The van der Waals surface area contributed by atoms with Crippen molar-refractivity contribution in [1.29, 1.82) is 0 Å². The van der Waals surface area contributed by atoms with E-state index in [-0.39, 0.29) is 39.7 Å². The number of carbonyl (C=O) groups excluding carboxylic acids is 3. The Hall–Kier alpha value is -3.74.